The monoisotopic (exact) mass is 556 g/mol. The summed E-state index contributed by atoms with van der Waals surface area (Å²) < 4.78 is 47.9. The Bertz CT molecular complexity index is 1460. The molecule has 0 radical (unpaired) electrons. The van der Waals surface area contributed by atoms with Gasteiger partial charge in [-0.25, -0.2) is 18.0 Å². The summed E-state index contributed by atoms with van der Waals surface area (Å²) in [7, 11) is 0. The van der Waals surface area contributed by atoms with Crippen LogP contribution in [-0.4, -0.2) is 46.4 Å². The molecule has 4 N–H and O–H groups in total. The molecule has 3 amide bonds. The fourth-order valence-corrected chi connectivity index (χ4v) is 5.12. The van der Waals surface area contributed by atoms with Crippen LogP contribution >= 0.6 is 0 Å². The van der Waals surface area contributed by atoms with E-state index < -0.39 is 35.0 Å². The molecule has 0 spiro atoms. The van der Waals surface area contributed by atoms with Crippen LogP contribution in [0, 0.1) is 17.5 Å². The number of carbonyl (C=O) groups excluding carboxylic acids is 2. The van der Waals surface area contributed by atoms with Gasteiger partial charge in [0.05, 0.1) is 37.4 Å². The fraction of sp³-hybridized carbons (Fsp3) is 0.321. The Balaban J connectivity index is 1.31. The molecule has 2 heterocycles. The Morgan fingerprint density at radius 3 is 2.48 bits per heavy atom. The third-order valence-corrected chi connectivity index (χ3v) is 7.20. The van der Waals surface area contributed by atoms with Crippen LogP contribution in [0.4, 0.5) is 18.0 Å². The van der Waals surface area contributed by atoms with Crippen molar-refractivity contribution in [2.45, 2.75) is 50.0 Å². The van der Waals surface area contributed by atoms with Crippen LogP contribution in [-0.2, 0) is 11.3 Å². The lowest BCUT2D eigenvalue weighted by molar-refractivity contribution is 0.00700. The molecule has 12 heteroatoms. The highest BCUT2D eigenvalue weighted by atomic mass is 19.2. The minimum Gasteiger partial charge on any atom is -0.508 e. The number of aromatic hydroxyl groups is 1. The summed E-state index contributed by atoms with van der Waals surface area (Å²) in [5, 5.41) is 18.3. The van der Waals surface area contributed by atoms with Gasteiger partial charge in [-0.15, -0.1) is 0 Å². The number of aromatic nitrogens is 1. The molecule has 1 saturated heterocycles. The van der Waals surface area contributed by atoms with Gasteiger partial charge in [-0.1, -0.05) is 12.1 Å². The van der Waals surface area contributed by atoms with Crippen molar-refractivity contribution in [1.82, 2.24) is 20.5 Å². The zero-order chi connectivity index (χ0) is 28.4. The summed E-state index contributed by atoms with van der Waals surface area (Å²) in [6.45, 7) is -0.219. The zero-order valence-corrected chi connectivity index (χ0v) is 21.2. The van der Waals surface area contributed by atoms with Crippen LogP contribution in [0.1, 0.15) is 46.8 Å². The number of benzene rings is 2. The van der Waals surface area contributed by atoms with Crippen molar-refractivity contribution < 1.29 is 32.6 Å². The first-order chi connectivity index (χ1) is 19.2. The second-order valence-corrected chi connectivity index (χ2v) is 9.95. The van der Waals surface area contributed by atoms with Crippen molar-refractivity contribution in [2.75, 3.05) is 6.61 Å². The van der Waals surface area contributed by atoms with E-state index in [4.69, 9.17) is 4.74 Å². The molecule has 3 aromatic rings. The first kappa shape index (κ1) is 27.3. The van der Waals surface area contributed by atoms with Crippen molar-refractivity contribution in [3.8, 4) is 5.75 Å². The average Bonchev–Trinajstić information content (AvgIpc) is 3.30. The van der Waals surface area contributed by atoms with E-state index in [1.807, 2.05) is 0 Å². The van der Waals surface area contributed by atoms with Gasteiger partial charge in [0.25, 0.3) is 11.5 Å². The number of ether oxygens (including phenoxy) is 1. The molecule has 5 rings (SSSR count). The Morgan fingerprint density at radius 2 is 1.75 bits per heavy atom. The molecule has 9 nitrogen and oxygen atoms in total. The zero-order valence-electron chi connectivity index (χ0n) is 21.2. The minimum atomic E-state index is -1.61. The maximum Gasteiger partial charge on any atom is 0.315 e. The number of nitrogens with one attached hydrogen (secondary N) is 3. The highest BCUT2D eigenvalue weighted by Crippen LogP contribution is 2.26. The lowest BCUT2D eigenvalue weighted by Crippen LogP contribution is -2.43. The van der Waals surface area contributed by atoms with Crippen LogP contribution in [0.15, 0.2) is 59.5 Å². The number of rotatable bonds is 8. The minimum absolute atomic E-state index is 0.00908. The lowest BCUT2D eigenvalue weighted by Gasteiger charge is -2.31. The molecular weight excluding hydrogens is 529 g/mol. The topological polar surface area (TPSA) is 122 Å². The Morgan fingerprint density at radius 1 is 1.05 bits per heavy atom. The maximum atomic E-state index is 13.7. The van der Waals surface area contributed by atoms with Crippen LogP contribution in [0.3, 0.4) is 0 Å². The summed E-state index contributed by atoms with van der Waals surface area (Å²) in [5.41, 5.74) is -0.285. The third kappa shape index (κ3) is 5.96. The van der Waals surface area contributed by atoms with Crippen molar-refractivity contribution in [3.05, 3.63) is 99.2 Å². The van der Waals surface area contributed by atoms with E-state index in [1.54, 1.807) is 12.1 Å². The number of hydrogen-bond acceptors (Lipinski definition) is 5. The number of pyridine rings is 1. The van der Waals surface area contributed by atoms with E-state index in [2.05, 4.69) is 16.0 Å². The number of hydrogen-bond donors (Lipinski definition) is 4. The molecule has 1 aliphatic carbocycles. The van der Waals surface area contributed by atoms with E-state index in [1.165, 1.54) is 30.5 Å². The highest BCUT2D eigenvalue weighted by molar-refractivity contribution is 5.94. The molecule has 0 bridgehead atoms. The van der Waals surface area contributed by atoms with Gasteiger partial charge in [0.15, 0.2) is 17.5 Å². The van der Waals surface area contributed by atoms with Crippen molar-refractivity contribution in [1.29, 1.82) is 0 Å². The standard InChI is InChI=1S/C28H27F3N4O5/c29-20-10-15(11-21(30)25(20)31)13-35-9-1-2-19(27(35)38)26(37)32-24(16-3-5-17(36)6-4-16)14-40-18-7-8-22-23(12-18)34-28(39)33-22/h1-6,9-11,18,22-24,36H,7-8,12-14H2,(H,32,37)(H2,33,34,39). The number of halogens is 3. The molecule has 1 aliphatic heterocycles. The number of nitrogens with zero attached hydrogens (tertiary/aromatic N) is 1. The van der Waals surface area contributed by atoms with Gasteiger partial charge in [-0.05, 0) is 66.8 Å². The van der Waals surface area contributed by atoms with Crippen molar-refractivity contribution in [2.24, 2.45) is 0 Å². The summed E-state index contributed by atoms with van der Waals surface area (Å²) in [5.74, 6) is -5.03. The largest absolute Gasteiger partial charge is 0.508 e. The van der Waals surface area contributed by atoms with Crippen LogP contribution in [0.25, 0.3) is 0 Å². The molecule has 210 valence electrons. The van der Waals surface area contributed by atoms with Gasteiger partial charge >= 0.3 is 6.03 Å². The molecular formula is C28H27F3N4O5. The van der Waals surface area contributed by atoms with Gasteiger partial charge in [-0.2, -0.15) is 0 Å². The Hall–Kier alpha value is -4.32. The van der Waals surface area contributed by atoms with E-state index in [9.17, 15) is 32.7 Å². The maximum absolute atomic E-state index is 13.7. The van der Waals surface area contributed by atoms with Gasteiger partial charge in [-0.3, -0.25) is 9.59 Å². The molecule has 40 heavy (non-hydrogen) atoms. The van der Waals surface area contributed by atoms with Crippen LogP contribution < -0.4 is 21.5 Å². The molecule has 1 saturated carbocycles. The number of urea groups is 1. The van der Waals surface area contributed by atoms with Crippen molar-refractivity contribution >= 4 is 11.9 Å². The second-order valence-electron chi connectivity index (χ2n) is 9.95. The summed E-state index contributed by atoms with van der Waals surface area (Å²) in [6.07, 6.45) is 3.26. The number of phenols is 1. The van der Waals surface area contributed by atoms with Crippen LogP contribution in [0.5, 0.6) is 5.75 Å². The Labute approximate surface area is 227 Å². The van der Waals surface area contributed by atoms with Crippen LogP contribution in [0.2, 0.25) is 0 Å². The van der Waals surface area contributed by atoms with E-state index >= 15 is 0 Å². The predicted octanol–water partition coefficient (Wildman–Crippen LogP) is 3.11. The third-order valence-electron chi connectivity index (χ3n) is 7.20. The summed E-state index contributed by atoms with van der Waals surface area (Å²) in [6, 6.07) is 9.67. The van der Waals surface area contributed by atoms with Gasteiger partial charge in [0.2, 0.25) is 0 Å². The Kier molecular flexibility index (Phi) is 7.78. The number of carbonyl (C=O) groups is 2. The fourth-order valence-electron chi connectivity index (χ4n) is 5.12. The number of fused-ring (bicyclic) bond motifs is 1. The molecule has 2 aliphatic rings. The predicted molar refractivity (Wildman–Crippen MR) is 137 cm³/mol. The quantitative estimate of drug-likeness (QED) is 0.318. The van der Waals surface area contributed by atoms with Gasteiger partial charge in [0.1, 0.15) is 11.3 Å². The van der Waals surface area contributed by atoms with Gasteiger partial charge in [0, 0.05) is 6.20 Å². The lowest BCUT2D eigenvalue weighted by atomic mass is 9.89. The van der Waals surface area contributed by atoms with Crippen molar-refractivity contribution in [3.63, 3.8) is 0 Å². The molecule has 4 atom stereocenters. The van der Waals surface area contributed by atoms with E-state index in [0.717, 1.165) is 23.1 Å². The SMILES string of the molecule is O=C1NC2CCC(OCC(NC(=O)c3cccn(Cc4cc(F)c(F)c(F)c4)c3=O)c3ccc(O)cc3)CC2N1. The van der Waals surface area contributed by atoms with E-state index in [-0.39, 0.29) is 54.2 Å². The molecule has 2 fully saturated rings. The average molecular weight is 557 g/mol. The smallest absolute Gasteiger partial charge is 0.315 e. The number of phenolic OH excluding ortho intramolecular Hbond substituents is 1. The summed E-state index contributed by atoms with van der Waals surface area (Å²) >= 11 is 0. The first-order valence-corrected chi connectivity index (χ1v) is 12.8. The van der Waals surface area contributed by atoms with Gasteiger partial charge < -0.3 is 30.4 Å². The highest BCUT2D eigenvalue weighted by Gasteiger charge is 2.37. The molecule has 1 aromatic heterocycles. The second kappa shape index (κ2) is 11.4. The molecule has 2 aromatic carbocycles. The normalized spacial score (nSPS) is 20.8. The number of amides is 3. The van der Waals surface area contributed by atoms with E-state index in [0.29, 0.717) is 18.4 Å². The molecule has 4 unspecified atom stereocenters. The summed E-state index contributed by atoms with van der Waals surface area (Å²) in [4.78, 5) is 38.0. The first-order valence-electron chi connectivity index (χ1n) is 12.8.